The number of hydrogen-bond acceptors (Lipinski definition) is 4. The summed E-state index contributed by atoms with van der Waals surface area (Å²) in [6, 6.07) is 8.50. The Morgan fingerprint density at radius 3 is 2.70 bits per heavy atom. The Bertz CT molecular complexity index is 699. The zero-order chi connectivity index (χ0) is 14.6. The molecule has 0 amide bonds. The van der Waals surface area contributed by atoms with Gasteiger partial charge in [-0.1, -0.05) is 24.3 Å². The van der Waals surface area contributed by atoms with Crippen molar-refractivity contribution in [2.24, 2.45) is 0 Å². The fourth-order valence-electron chi connectivity index (χ4n) is 1.83. The van der Waals surface area contributed by atoms with Gasteiger partial charge in [0.2, 0.25) is 10.0 Å². The molecule has 0 bridgehead atoms. The predicted octanol–water partition coefficient (Wildman–Crippen LogP) is 1.82. The van der Waals surface area contributed by atoms with E-state index in [1.807, 2.05) is 0 Å². The van der Waals surface area contributed by atoms with E-state index in [2.05, 4.69) is 9.71 Å². The van der Waals surface area contributed by atoms with Gasteiger partial charge in [-0.15, -0.1) is 0 Å². The summed E-state index contributed by atoms with van der Waals surface area (Å²) in [7, 11) is -3.49. The average Bonchev–Trinajstić information content (AvgIpc) is 2.41. The highest BCUT2D eigenvalue weighted by Gasteiger charge is 2.13. The molecule has 0 saturated carbocycles. The van der Waals surface area contributed by atoms with Gasteiger partial charge in [0, 0.05) is 12.4 Å². The molecule has 6 heteroatoms. The number of nitrogens with one attached hydrogen (secondary N) is 1. The second-order valence-electron chi connectivity index (χ2n) is 4.53. The number of rotatable bonds is 5. The number of aliphatic hydroxyl groups is 1. The molecule has 0 unspecified atom stereocenters. The third-order valence-electron chi connectivity index (χ3n) is 2.82. The number of pyridine rings is 1. The van der Waals surface area contributed by atoms with Crippen molar-refractivity contribution in [3.8, 4) is 0 Å². The second-order valence-corrected chi connectivity index (χ2v) is 6.25. The normalized spacial score (nSPS) is 11.3. The maximum atomic E-state index is 12.1. The molecule has 0 atom stereocenters. The number of anilines is 1. The predicted molar refractivity (Wildman–Crippen MR) is 77.6 cm³/mol. The van der Waals surface area contributed by atoms with E-state index in [0.717, 1.165) is 5.56 Å². The number of nitrogens with zero attached hydrogens (tertiary/aromatic N) is 1. The molecular formula is C14H16N2O3S. The molecule has 1 heterocycles. The van der Waals surface area contributed by atoms with Gasteiger partial charge in [0.25, 0.3) is 0 Å². The highest BCUT2D eigenvalue weighted by atomic mass is 32.2. The van der Waals surface area contributed by atoms with Gasteiger partial charge in [0.05, 0.1) is 18.0 Å². The van der Waals surface area contributed by atoms with Crippen LogP contribution in [0.15, 0.2) is 42.7 Å². The van der Waals surface area contributed by atoms with E-state index >= 15 is 0 Å². The number of aromatic nitrogens is 1. The summed E-state index contributed by atoms with van der Waals surface area (Å²) in [5.74, 6) is -0.136. The Labute approximate surface area is 118 Å². The summed E-state index contributed by atoms with van der Waals surface area (Å²) >= 11 is 0. The smallest absolute Gasteiger partial charge is 0.236 e. The van der Waals surface area contributed by atoms with Crippen LogP contribution in [-0.4, -0.2) is 18.5 Å². The number of aryl methyl sites for hydroxylation is 1. The van der Waals surface area contributed by atoms with Crippen LogP contribution in [0, 0.1) is 6.92 Å². The van der Waals surface area contributed by atoms with Crippen molar-refractivity contribution in [1.82, 2.24) is 4.98 Å². The molecule has 0 aliphatic rings. The first-order valence-electron chi connectivity index (χ1n) is 6.10. The second kappa shape index (κ2) is 6.02. The van der Waals surface area contributed by atoms with Crippen LogP contribution in [0.3, 0.4) is 0 Å². The molecule has 0 aliphatic carbocycles. The fraction of sp³-hybridized carbons (Fsp3) is 0.214. The van der Waals surface area contributed by atoms with E-state index in [-0.39, 0.29) is 12.4 Å². The van der Waals surface area contributed by atoms with Crippen molar-refractivity contribution in [2.75, 3.05) is 4.72 Å². The first-order valence-corrected chi connectivity index (χ1v) is 7.75. The third-order valence-corrected chi connectivity index (χ3v) is 4.06. The summed E-state index contributed by atoms with van der Waals surface area (Å²) in [6.45, 7) is 1.68. The zero-order valence-corrected chi connectivity index (χ0v) is 11.9. The van der Waals surface area contributed by atoms with Gasteiger partial charge >= 0.3 is 0 Å². The molecular weight excluding hydrogens is 276 g/mol. The summed E-state index contributed by atoms with van der Waals surface area (Å²) in [4.78, 5) is 3.92. The lowest BCUT2D eigenvalue weighted by atomic mass is 10.1. The van der Waals surface area contributed by atoms with Crippen molar-refractivity contribution in [3.63, 3.8) is 0 Å². The lowest BCUT2D eigenvalue weighted by Gasteiger charge is -2.10. The topological polar surface area (TPSA) is 79.3 Å². The monoisotopic (exact) mass is 292 g/mol. The maximum absolute atomic E-state index is 12.1. The molecule has 0 fully saturated rings. The minimum absolute atomic E-state index is 0.106. The van der Waals surface area contributed by atoms with E-state index in [4.69, 9.17) is 5.11 Å². The molecule has 0 saturated heterocycles. The minimum atomic E-state index is -3.49. The van der Waals surface area contributed by atoms with Crippen molar-refractivity contribution >= 4 is 15.7 Å². The lowest BCUT2D eigenvalue weighted by Crippen LogP contribution is -2.16. The van der Waals surface area contributed by atoms with Crippen molar-refractivity contribution in [1.29, 1.82) is 0 Å². The molecule has 20 heavy (non-hydrogen) atoms. The summed E-state index contributed by atoms with van der Waals surface area (Å²) in [6.07, 6.45) is 3.14. The quantitative estimate of drug-likeness (QED) is 0.881. The van der Waals surface area contributed by atoms with Gasteiger partial charge < -0.3 is 5.11 Å². The van der Waals surface area contributed by atoms with E-state index in [9.17, 15) is 8.42 Å². The Morgan fingerprint density at radius 2 is 2.00 bits per heavy atom. The number of benzene rings is 1. The van der Waals surface area contributed by atoms with E-state index in [0.29, 0.717) is 16.8 Å². The number of aliphatic hydroxyl groups excluding tert-OH is 1. The van der Waals surface area contributed by atoms with E-state index in [1.165, 1.54) is 6.20 Å². The Balaban J connectivity index is 2.17. The van der Waals surface area contributed by atoms with Gasteiger partial charge in [-0.3, -0.25) is 9.71 Å². The van der Waals surface area contributed by atoms with Crippen molar-refractivity contribution in [3.05, 3.63) is 59.4 Å². The lowest BCUT2D eigenvalue weighted by molar-refractivity contribution is 0.282. The molecule has 1 aromatic heterocycles. The zero-order valence-electron chi connectivity index (χ0n) is 11.1. The Hall–Kier alpha value is -1.92. The maximum Gasteiger partial charge on any atom is 0.236 e. The van der Waals surface area contributed by atoms with Crippen LogP contribution in [0.2, 0.25) is 0 Å². The van der Waals surface area contributed by atoms with Crippen LogP contribution in [0.5, 0.6) is 0 Å². The number of sulfonamides is 1. The highest BCUT2D eigenvalue weighted by molar-refractivity contribution is 7.91. The standard InChI is InChI=1S/C14H16N2O3S/c1-11-8-15-6-5-14(11)16-20(18,19)10-13-4-2-3-12(7-13)9-17/h2-8,17H,9-10H2,1H3,(H,15,16). The number of hydrogen-bond donors (Lipinski definition) is 2. The highest BCUT2D eigenvalue weighted by Crippen LogP contribution is 2.16. The molecule has 2 aromatic rings. The van der Waals surface area contributed by atoms with Crippen molar-refractivity contribution < 1.29 is 13.5 Å². The Kier molecular flexibility index (Phi) is 4.36. The first kappa shape index (κ1) is 14.5. The molecule has 2 rings (SSSR count). The van der Waals surface area contributed by atoms with Gasteiger partial charge in [-0.2, -0.15) is 0 Å². The van der Waals surface area contributed by atoms with Crippen LogP contribution in [-0.2, 0) is 22.4 Å². The van der Waals surface area contributed by atoms with Crippen molar-refractivity contribution in [2.45, 2.75) is 19.3 Å². The average molecular weight is 292 g/mol. The van der Waals surface area contributed by atoms with Gasteiger partial charge in [-0.25, -0.2) is 8.42 Å². The van der Waals surface area contributed by atoms with Crippen LogP contribution < -0.4 is 4.72 Å². The van der Waals surface area contributed by atoms with Gasteiger partial charge in [0.1, 0.15) is 0 Å². The van der Waals surface area contributed by atoms with Crippen LogP contribution >= 0.6 is 0 Å². The third kappa shape index (κ3) is 3.79. The van der Waals surface area contributed by atoms with E-state index < -0.39 is 10.0 Å². The van der Waals surface area contributed by atoms with Crippen LogP contribution in [0.1, 0.15) is 16.7 Å². The molecule has 5 nitrogen and oxygen atoms in total. The largest absolute Gasteiger partial charge is 0.392 e. The fourth-order valence-corrected chi connectivity index (χ4v) is 3.08. The first-order chi connectivity index (χ1) is 9.50. The molecule has 0 aliphatic heterocycles. The van der Waals surface area contributed by atoms with Gasteiger partial charge in [0.15, 0.2) is 0 Å². The van der Waals surface area contributed by atoms with Crippen LogP contribution in [0.4, 0.5) is 5.69 Å². The molecule has 0 radical (unpaired) electrons. The molecule has 1 aromatic carbocycles. The SMILES string of the molecule is Cc1cnccc1NS(=O)(=O)Cc1cccc(CO)c1. The minimum Gasteiger partial charge on any atom is -0.392 e. The molecule has 2 N–H and O–H groups in total. The summed E-state index contributed by atoms with van der Waals surface area (Å²) in [5.41, 5.74) is 2.62. The Morgan fingerprint density at radius 1 is 1.25 bits per heavy atom. The van der Waals surface area contributed by atoms with Gasteiger partial charge in [-0.05, 0) is 29.7 Å². The summed E-state index contributed by atoms with van der Waals surface area (Å²) < 4.78 is 26.8. The summed E-state index contributed by atoms with van der Waals surface area (Å²) in [5, 5.41) is 9.06. The molecule has 106 valence electrons. The van der Waals surface area contributed by atoms with E-state index in [1.54, 1.807) is 43.5 Å². The van der Waals surface area contributed by atoms with Crippen LogP contribution in [0.25, 0.3) is 0 Å². The molecule has 0 spiro atoms.